The van der Waals surface area contributed by atoms with Crippen LogP contribution in [0, 0.1) is 11.8 Å². The second kappa shape index (κ2) is 5.61. The van der Waals surface area contributed by atoms with E-state index in [0.29, 0.717) is 12.6 Å². The van der Waals surface area contributed by atoms with Crippen LogP contribution in [0.3, 0.4) is 0 Å². The third kappa shape index (κ3) is 3.65. The molecule has 1 saturated carbocycles. The highest BCUT2D eigenvalue weighted by Crippen LogP contribution is 2.28. The standard InChI is InChI=1S/C11H23NO/c1-9-4-5-11(10(2)8-9)12-6-3-7-13/h9-13H,3-8H2,1-2H3. The molecule has 0 radical (unpaired) electrons. The Balaban J connectivity index is 2.18. The number of rotatable bonds is 4. The maximum atomic E-state index is 8.66. The van der Waals surface area contributed by atoms with E-state index in [1.807, 2.05) is 0 Å². The highest BCUT2D eigenvalue weighted by Gasteiger charge is 2.24. The van der Waals surface area contributed by atoms with Gasteiger partial charge in [-0.15, -0.1) is 0 Å². The summed E-state index contributed by atoms with van der Waals surface area (Å²) in [4.78, 5) is 0. The van der Waals surface area contributed by atoms with Crippen molar-refractivity contribution < 1.29 is 5.11 Å². The van der Waals surface area contributed by atoms with Crippen LogP contribution >= 0.6 is 0 Å². The van der Waals surface area contributed by atoms with Crippen molar-refractivity contribution in [2.75, 3.05) is 13.2 Å². The van der Waals surface area contributed by atoms with Gasteiger partial charge in [0.25, 0.3) is 0 Å². The van der Waals surface area contributed by atoms with Crippen LogP contribution in [0.15, 0.2) is 0 Å². The zero-order valence-corrected chi connectivity index (χ0v) is 8.92. The van der Waals surface area contributed by atoms with Crippen molar-refractivity contribution in [2.45, 2.75) is 45.6 Å². The average Bonchev–Trinajstić information content (AvgIpc) is 2.09. The van der Waals surface area contributed by atoms with Crippen molar-refractivity contribution in [1.82, 2.24) is 5.32 Å². The molecule has 2 heteroatoms. The Labute approximate surface area is 81.7 Å². The lowest BCUT2D eigenvalue weighted by Crippen LogP contribution is -2.39. The molecule has 0 amide bonds. The van der Waals surface area contributed by atoms with Crippen molar-refractivity contribution in [1.29, 1.82) is 0 Å². The normalized spacial score (nSPS) is 34.8. The first-order chi connectivity index (χ1) is 6.24. The van der Waals surface area contributed by atoms with Crippen molar-refractivity contribution >= 4 is 0 Å². The fraction of sp³-hybridized carbons (Fsp3) is 1.00. The van der Waals surface area contributed by atoms with E-state index < -0.39 is 0 Å². The van der Waals surface area contributed by atoms with Crippen LogP contribution in [0.4, 0.5) is 0 Å². The van der Waals surface area contributed by atoms with Gasteiger partial charge >= 0.3 is 0 Å². The lowest BCUT2D eigenvalue weighted by atomic mass is 9.80. The first-order valence-electron chi connectivity index (χ1n) is 5.58. The monoisotopic (exact) mass is 185 g/mol. The van der Waals surface area contributed by atoms with Gasteiger partial charge in [-0.1, -0.05) is 13.8 Å². The topological polar surface area (TPSA) is 32.3 Å². The smallest absolute Gasteiger partial charge is 0.0443 e. The van der Waals surface area contributed by atoms with Gasteiger partial charge < -0.3 is 10.4 Å². The van der Waals surface area contributed by atoms with E-state index in [4.69, 9.17) is 5.11 Å². The highest BCUT2D eigenvalue weighted by atomic mass is 16.3. The van der Waals surface area contributed by atoms with Crippen LogP contribution in [-0.4, -0.2) is 24.3 Å². The number of aliphatic hydroxyl groups is 1. The fourth-order valence-electron chi connectivity index (χ4n) is 2.34. The van der Waals surface area contributed by atoms with E-state index in [2.05, 4.69) is 19.2 Å². The summed E-state index contributed by atoms with van der Waals surface area (Å²) in [5, 5.41) is 12.2. The minimum atomic E-state index is 0.310. The fourth-order valence-corrected chi connectivity index (χ4v) is 2.34. The summed E-state index contributed by atoms with van der Waals surface area (Å²) in [6.45, 7) is 5.97. The molecule has 2 N–H and O–H groups in total. The van der Waals surface area contributed by atoms with Crippen LogP contribution in [0.1, 0.15) is 39.5 Å². The van der Waals surface area contributed by atoms with E-state index in [1.54, 1.807) is 0 Å². The Morgan fingerprint density at radius 2 is 2.08 bits per heavy atom. The van der Waals surface area contributed by atoms with Gasteiger partial charge in [-0.3, -0.25) is 0 Å². The molecule has 1 aliphatic rings. The summed E-state index contributed by atoms with van der Waals surface area (Å²) < 4.78 is 0. The summed E-state index contributed by atoms with van der Waals surface area (Å²) >= 11 is 0. The predicted octanol–water partition coefficient (Wildman–Crippen LogP) is 1.78. The van der Waals surface area contributed by atoms with Crippen LogP contribution in [0.2, 0.25) is 0 Å². The maximum Gasteiger partial charge on any atom is 0.0443 e. The van der Waals surface area contributed by atoms with Crippen LogP contribution in [-0.2, 0) is 0 Å². The third-order valence-corrected chi connectivity index (χ3v) is 3.17. The minimum absolute atomic E-state index is 0.310. The van der Waals surface area contributed by atoms with E-state index in [9.17, 15) is 0 Å². The molecule has 0 saturated heterocycles. The van der Waals surface area contributed by atoms with E-state index >= 15 is 0 Å². The minimum Gasteiger partial charge on any atom is -0.396 e. The summed E-state index contributed by atoms with van der Waals surface area (Å²) in [6, 6.07) is 0.697. The summed E-state index contributed by atoms with van der Waals surface area (Å²) in [7, 11) is 0. The number of hydrogen-bond donors (Lipinski definition) is 2. The Hall–Kier alpha value is -0.0800. The molecule has 0 aromatic heterocycles. The molecular weight excluding hydrogens is 162 g/mol. The van der Waals surface area contributed by atoms with Crippen LogP contribution in [0.5, 0.6) is 0 Å². The highest BCUT2D eigenvalue weighted by molar-refractivity contribution is 4.80. The number of hydrogen-bond acceptors (Lipinski definition) is 2. The van der Waals surface area contributed by atoms with Crippen molar-refractivity contribution in [3.8, 4) is 0 Å². The molecule has 0 aromatic rings. The summed E-state index contributed by atoms with van der Waals surface area (Å²) in [5.41, 5.74) is 0. The third-order valence-electron chi connectivity index (χ3n) is 3.17. The van der Waals surface area contributed by atoms with Crippen molar-refractivity contribution in [3.05, 3.63) is 0 Å². The largest absolute Gasteiger partial charge is 0.396 e. The molecule has 2 nitrogen and oxygen atoms in total. The van der Waals surface area contributed by atoms with Crippen LogP contribution in [0.25, 0.3) is 0 Å². The van der Waals surface area contributed by atoms with Gasteiger partial charge in [0, 0.05) is 12.6 Å². The van der Waals surface area contributed by atoms with E-state index in [-0.39, 0.29) is 0 Å². The van der Waals surface area contributed by atoms with Gasteiger partial charge in [0.15, 0.2) is 0 Å². The summed E-state index contributed by atoms with van der Waals surface area (Å²) in [6.07, 6.45) is 4.92. The van der Waals surface area contributed by atoms with Crippen LogP contribution < -0.4 is 5.32 Å². The summed E-state index contributed by atoms with van der Waals surface area (Å²) in [5.74, 6) is 1.72. The number of aliphatic hydroxyl groups excluding tert-OH is 1. The molecule has 3 unspecified atom stereocenters. The average molecular weight is 185 g/mol. The Morgan fingerprint density at radius 3 is 2.69 bits per heavy atom. The van der Waals surface area contributed by atoms with Gasteiger partial charge in [-0.2, -0.15) is 0 Å². The molecule has 78 valence electrons. The molecule has 13 heavy (non-hydrogen) atoms. The quantitative estimate of drug-likeness (QED) is 0.654. The van der Waals surface area contributed by atoms with E-state index in [1.165, 1.54) is 19.3 Å². The Morgan fingerprint density at radius 1 is 1.31 bits per heavy atom. The van der Waals surface area contributed by atoms with Gasteiger partial charge in [-0.05, 0) is 44.1 Å². The maximum absolute atomic E-state index is 8.66. The SMILES string of the molecule is CC1CCC(NCCCO)C(C)C1. The van der Waals surface area contributed by atoms with Crippen molar-refractivity contribution in [2.24, 2.45) is 11.8 Å². The molecule has 0 bridgehead atoms. The molecular formula is C11H23NO. The van der Waals surface area contributed by atoms with Gasteiger partial charge in [0.05, 0.1) is 0 Å². The molecule has 1 fully saturated rings. The Kier molecular flexibility index (Phi) is 4.74. The molecule has 3 atom stereocenters. The zero-order valence-electron chi connectivity index (χ0n) is 8.92. The second-order valence-electron chi connectivity index (χ2n) is 4.53. The Bertz CT molecular complexity index is 138. The molecule has 0 heterocycles. The molecule has 1 aliphatic carbocycles. The molecule has 1 rings (SSSR count). The zero-order chi connectivity index (χ0) is 9.68. The second-order valence-corrected chi connectivity index (χ2v) is 4.53. The lowest BCUT2D eigenvalue weighted by Gasteiger charge is -2.33. The van der Waals surface area contributed by atoms with Gasteiger partial charge in [0.1, 0.15) is 0 Å². The van der Waals surface area contributed by atoms with E-state index in [0.717, 1.165) is 24.8 Å². The first-order valence-corrected chi connectivity index (χ1v) is 5.58. The van der Waals surface area contributed by atoms with Gasteiger partial charge in [-0.25, -0.2) is 0 Å². The molecule has 0 spiro atoms. The molecule has 0 aromatic carbocycles. The number of nitrogens with one attached hydrogen (secondary N) is 1. The van der Waals surface area contributed by atoms with Gasteiger partial charge in [0.2, 0.25) is 0 Å². The molecule has 0 aliphatic heterocycles. The lowest BCUT2D eigenvalue weighted by molar-refractivity contribution is 0.220. The predicted molar refractivity (Wildman–Crippen MR) is 55.7 cm³/mol. The first kappa shape index (κ1) is 11.0. The van der Waals surface area contributed by atoms with Crippen molar-refractivity contribution in [3.63, 3.8) is 0 Å².